The van der Waals surface area contributed by atoms with Crippen LogP contribution in [-0.2, 0) is 17.5 Å². The number of carbonyl (C=O) groups is 2. The van der Waals surface area contributed by atoms with E-state index in [0.29, 0.717) is 42.2 Å². The van der Waals surface area contributed by atoms with Gasteiger partial charge in [0, 0.05) is 36.0 Å². The van der Waals surface area contributed by atoms with Crippen molar-refractivity contribution in [3.63, 3.8) is 0 Å². The number of nitrogens with one attached hydrogen (secondary N) is 1. The summed E-state index contributed by atoms with van der Waals surface area (Å²) in [6, 6.07) is 11.0. The summed E-state index contributed by atoms with van der Waals surface area (Å²) >= 11 is 18.7. The molecule has 3 heterocycles. The number of aromatic nitrogens is 1. The lowest BCUT2D eigenvalue weighted by Gasteiger charge is -2.36. The first kappa shape index (κ1) is 33.9. The van der Waals surface area contributed by atoms with Gasteiger partial charge in [-0.25, -0.2) is 4.79 Å². The van der Waals surface area contributed by atoms with Crippen LogP contribution < -0.4 is 15.2 Å². The Labute approximate surface area is 282 Å². The van der Waals surface area contributed by atoms with Gasteiger partial charge in [-0.3, -0.25) is 14.5 Å². The number of carbonyl (C=O) groups excluding carboxylic acids is 2. The van der Waals surface area contributed by atoms with Crippen molar-refractivity contribution in [1.82, 2.24) is 14.8 Å². The number of hydrogen-bond donors (Lipinski definition) is 1. The number of aromatic amines is 1. The summed E-state index contributed by atoms with van der Waals surface area (Å²) < 4.78 is 34.2. The zero-order chi connectivity index (χ0) is 33.6. The number of amides is 3. The maximum Gasteiger partial charge on any atom is 0.362 e. The van der Waals surface area contributed by atoms with Gasteiger partial charge in [0.2, 0.25) is 0 Å². The van der Waals surface area contributed by atoms with E-state index in [1.54, 1.807) is 34.9 Å². The van der Waals surface area contributed by atoms with E-state index in [1.165, 1.54) is 24.1 Å². The predicted molar refractivity (Wildman–Crippen MR) is 172 cm³/mol. The van der Waals surface area contributed by atoms with Crippen molar-refractivity contribution < 1.29 is 23.1 Å². The summed E-state index contributed by atoms with van der Waals surface area (Å²) in [7, 11) is 1.47. The molecule has 9 nitrogen and oxygen atoms in total. The highest BCUT2D eigenvalue weighted by molar-refractivity contribution is 7.99. The quantitative estimate of drug-likeness (QED) is 0.242. The molecule has 1 N–H and O–H groups in total. The second-order valence-corrected chi connectivity index (χ2v) is 13.3. The first-order valence-corrected chi connectivity index (χ1v) is 16.1. The van der Waals surface area contributed by atoms with Crippen LogP contribution in [0, 0.1) is 11.3 Å². The number of H-pyrrole nitrogens is 1. The monoisotopic (exact) mass is 709 g/mol. The highest BCUT2D eigenvalue weighted by atomic mass is 35.5. The summed E-state index contributed by atoms with van der Waals surface area (Å²) in [5, 5.41) is 6.27. The lowest BCUT2D eigenvalue weighted by molar-refractivity contribution is 0.0539. The molecular formula is C31H28Cl3F2N5O4S. The molecule has 3 aromatic rings. The van der Waals surface area contributed by atoms with Gasteiger partial charge in [-0.15, -0.1) is 0 Å². The SMILES string of the molecule is CCN1CCCN(c2cc3c(cc2OC)[C@@](C)(CC#N)N(C(=O)c2c(Sc4c(Cl)cccc4Cl)cc(C(F)(F)Cl)[nH]c2=O)C3)C1=O. The third-order valence-corrected chi connectivity index (χ3v) is 10.5. The summed E-state index contributed by atoms with van der Waals surface area (Å²) in [5.74, 6) is -0.447. The Morgan fingerprint density at radius 3 is 2.50 bits per heavy atom. The Balaban J connectivity index is 1.64. The van der Waals surface area contributed by atoms with Crippen LogP contribution in [0.25, 0.3) is 0 Å². The molecule has 46 heavy (non-hydrogen) atoms. The van der Waals surface area contributed by atoms with E-state index in [-0.39, 0.29) is 38.8 Å². The van der Waals surface area contributed by atoms with Crippen LogP contribution in [0.3, 0.4) is 0 Å². The van der Waals surface area contributed by atoms with Gasteiger partial charge < -0.3 is 19.5 Å². The van der Waals surface area contributed by atoms with Gasteiger partial charge in [-0.05, 0) is 73.3 Å². The number of rotatable bonds is 8. The van der Waals surface area contributed by atoms with Crippen molar-refractivity contribution in [1.29, 1.82) is 5.26 Å². The molecule has 0 spiro atoms. The second kappa shape index (κ2) is 13.0. The van der Waals surface area contributed by atoms with Gasteiger partial charge in [0.15, 0.2) is 0 Å². The Kier molecular flexibility index (Phi) is 9.53. The standard InChI is InChI=1S/C31H28Cl3F2N5O4S/c1-4-39-11-6-12-40(29(39)44)21-13-17-16-41(30(2,9-10-37)18(17)14-22(21)45-3)28(43)25-23(15-24(31(34,35)36)38-27(25)42)46-26-19(32)7-5-8-20(26)33/h5,7-8,13-15H,4,6,9,11-12,16H2,1-3H3,(H,38,42)/t30-/m1/s1. The van der Waals surface area contributed by atoms with E-state index in [2.05, 4.69) is 6.07 Å². The molecule has 242 valence electrons. The number of halogens is 5. The fraction of sp³-hybridized carbons (Fsp3) is 0.355. The summed E-state index contributed by atoms with van der Waals surface area (Å²) in [6.45, 7) is 5.15. The van der Waals surface area contributed by atoms with Gasteiger partial charge >= 0.3 is 11.4 Å². The topological polar surface area (TPSA) is 110 Å². The largest absolute Gasteiger partial charge is 0.495 e. The Bertz CT molecular complexity index is 1810. The lowest BCUT2D eigenvalue weighted by Crippen LogP contribution is -2.49. The van der Waals surface area contributed by atoms with Crippen molar-refractivity contribution in [3.05, 3.63) is 79.2 Å². The molecule has 0 bridgehead atoms. The lowest BCUT2D eigenvalue weighted by atomic mass is 9.88. The van der Waals surface area contributed by atoms with Gasteiger partial charge in [-0.1, -0.05) is 41.0 Å². The minimum atomic E-state index is -3.95. The number of fused-ring (bicyclic) bond motifs is 1. The number of benzene rings is 2. The van der Waals surface area contributed by atoms with Gasteiger partial charge in [-0.2, -0.15) is 14.0 Å². The number of nitriles is 1. The number of nitrogens with zero attached hydrogens (tertiary/aromatic N) is 4. The number of pyridine rings is 1. The van der Waals surface area contributed by atoms with Crippen LogP contribution in [0.5, 0.6) is 5.75 Å². The van der Waals surface area contributed by atoms with E-state index in [0.717, 1.165) is 24.2 Å². The predicted octanol–water partition coefficient (Wildman–Crippen LogP) is 7.57. The van der Waals surface area contributed by atoms with Crippen LogP contribution in [0.15, 0.2) is 51.0 Å². The van der Waals surface area contributed by atoms with E-state index in [1.807, 2.05) is 11.9 Å². The fourth-order valence-corrected chi connectivity index (χ4v) is 7.58. The number of methoxy groups -OCH3 is 1. The van der Waals surface area contributed by atoms with Crippen LogP contribution in [0.2, 0.25) is 10.0 Å². The number of anilines is 1. The van der Waals surface area contributed by atoms with Crippen molar-refractivity contribution in [2.45, 2.75) is 53.9 Å². The molecule has 15 heteroatoms. The molecule has 0 unspecified atom stereocenters. The zero-order valence-electron chi connectivity index (χ0n) is 24.9. The first-order valence-electron chi connectivity index (χ1n) is 14.2. The number of ether oxygens (including phenoxy) is 1. The van der Waals surface area contributed by atoms with Crippen LogP contribution in [0.1, 0.15) is 53.9 Å². The first-order chi connectivity index (χ1) is 21.7. The molecule has 0 aliphatic carbocycles. The van der Waals surface area contributed by atoms with Crippen LogP contribution >= 0.6 is 46.6 Å². The van der Waals surface area contributed by atoms with E-state index in [9.17, 15) is 28.4 Å². The molecule has 1 aromatic heterocycles. The normalized spacial score (nSPS) is 18.1. The molecule has 2 aliphatic rings. The Morgan fingerprint density at radius 2 is 1.89 bits per heavy atom. The molecular weight excluding hydrogens is 683 g/mol. The number of urea groups is 1. The maximum atomic E-state index is 14.4. The average Bonchev–Trinajstić information content (AvgIpc) is 3.28. The Hall–Kier alpha value is -3.50. The Morgan fingerprint density at radius 1 is 1.20 bits per heavy atom. The minimum absolute atomic E-state index is 0.0489. The maximum absolute atomic E-state index is 14.4. The van der Waals surface area contributed by atoms with E-state index < -0.39 is 33.6 Å². The molecule has 2 aliphatic heterocycles. The molecule has 2 aromatic carbocycles. The molecule has 3 amide bonds. The molecule has 1 fully saturated rings. The van der Waals surface area contributed by atoms with Crippen molar-refractivity contribution in [2.75, 3.05) is 31.6 Å². The molecule has 5 rings (SSSR count). The fourth-order valence-electron chi connectivity index (χ4n) is 5.84. The van der Waals surface area contributed by atoms with Crippen LogP contribution in [-0.4, -0.2) is 53.5 Å². The van der Waals surface area contributed by atoms with Gasteiger partial charge in [0.1, 0.15) is 17.0 Å². The second-order valence-electron chi connectivity index (χ2n) is 11.0. The number of hydrogen-bond acceptors (Lipinski definition) is 6. The van der Waals surface area contributed by atoms with E-state index >= 15 is 0 Å². The van der Waals surface area contributed by atoms with E-state index in [4.69, 9.17) is 39.5 Å². The van der Waals surface area contributed by atoms with Crippen molar-refractivity contribution in [2.24, 2.45) is 0 Å². The minimum Gasteiger partial charge on any atom is -0.495 e. The van der Waals surface area contributed by atoms with Crippen molar-refractivity contribution >= 4 is 64.2 Å². The van der Waals surface area contributed by atoms with Gasteiger partial charge in [0.25, 0.3) is 11.5 Å². The smallest absolute Gasteiger partial charge is 0.362 e. The highest BCUT2D eigenvalue weighted by Gasteiger charge is 2.47. The molecule has 0 radical (unpaired) electrons. The third-order valence-electron chi connectivity index (χ3n) is 8.21. The molecule has 1 saturated heterocycles. The molecule has 1 atom stereocenters. The third kappa shape index (κ3) is 6.01. The molecule has 0 saturated carbocycles. The van der Waals surface area contributed by atoms with Crippen molar-refractivity contribution in [3.8, 4) is 11.8 Å². The average molecular weight is 711 g/mol. The van der Waals surface area contributed by atoms with Crippen LogP contribution in [0.4, 0.5) is 19.3 Å². The van der Waals surface area contributed by atoms with Gasteiger partial charge in [0.05, 0.1) is 40.9 Å². The summed E-state index contributed by atoms with van der Waals surface area (Å²) in [4.78, 5) is 48.0. The number of alkyl halides is 3. The highest BCUT2D eigenvalue weighted by Crippen LogP contribution is 2.48. The zero-order valence-corrected chi connectivity index (χ0v) is 28.0. The summed E-state index contributed by atoms with van der Waals surface area (Å²) in [6.07, 6.45) is 0.571. The summed E-state index contributed by atoms with van der Waals surface area (Å²) in [5.41, 5.74) is -2.03.